The number of hydrogen-bond donors (Lipinski definition) is 2. The zero-order valence-electron chi connectivity index (χ0n) is 25.9. The van der Waals surface area contributed by atoms with Gasteiger partial charge in [-0.25, -0.2) is 0 Å². The Bertz CT molecular complexity index is 1420. The van der Waals surface area contributed by atoms with E-state index in [1.165, 1.54) is 0 Å². The van der Waals surface area contributed by atoms with E-state index in [-0.39, 0.29) is 43.5 Å². The lowest BCUT2D eigenvalue weighted by Crippen LogP contribution is -2.48. The summed E-state index contributed by atoms with van der Waals surface area (Å²) in [5.41, 5.74) is 4.19. The minimum absolute atomic E-state index is 0.00779. The van der Waals surface area contributed by atoms with Gasteiger partial charge in [0.25, 0.3) is 0 Å². The van der Waals surface area contributed by atoms with Gasteiger partial charge in [0.15, 0.2) is 0 Å². The Balaban J connectivity index is 1.44. The molecule has 0 unspecified atom stereocenters. The number of nitrogens with zero attached hydrogens (tertiary/aromatic N) is 1. The van der Waals surface area contributed by atoms with E-state index < -0.39 is 17.9 Å². The largest absolute Gasteiger partial charge is 0.463 e. The molecule has 45 heavy (non-hydrogen) atoms. The molecule has 0 aromatic heterocycles. The van der Waals surface area contributed by atoms with Gasteiger partial charge in [-0.1, -0.05) is 97.1 Å². The maximum Gasteiger partial charge on any atom is 0.309 e. The molecule has 4 rings (SSSR count). The third-order valence-electron chi connectivity index (χ3n) is 8.34. The molecule has 7 heteroatoms. The number of amides is 2. The van der Waals surface area contributed by atoms with E-state index in [9.17, 15) is 19.5 Å². The van der Waals surface area contributed by atoms with Crippen LogP contribution in [0.5, 0.6) is 0 Å². The van der Waals surface area contributed by atoms with Crippen molar-refractivity contribution < 1.29 is 24.2 Å². The van der Waals surface area contributed by atoms with E-state index in [1.807, 2.05) is 84.9 Å². The molecule has 236 valence electrons. The van der Waals surface area contributed by atoms with Crippen LogP contribution in [0.2, 0.25) is 0 Å². The van der Waals surface area contributed by atoms with Crippen molar-refractivity contribution in [1.82, 2.24) is 10.2 Å². The zero-order chi connectivity index (χ0) is 32.0. The fraction of sp³-hybridized carbons (Fsp3) is 0.342. The van der Waals surface area contributed by atoms with Crippen molar-refractivity contribution in [3.63, 3.8) is 0 Å². The third-order valence-corrected chi connectivity index (χ3v) is 8.34. The molecule has 0 saturated heterocycles. The number of allylic oxidation sites excluding steroid dienone is 2. The van der Waals surface area contributed by atoms with Crippen molar-refractivity contribution >= 4 is 17.8 Å². The molecule has 0 fully saturated rings. The maximum atomic E-state index is 13.7. The normalized spacial score (nSPS) is 16.0. The molecule has 2 N–H and O–H groups in total. The molecule has 0 aliphatic carbocycles. The van der Waals surface area contributed by atoms with E-state index in [2.05, 4.69) is 18.5 Å². The van der Waals surface area contributed by atoms with Crippen LogP contribution in [0.4, 0.5) is 0 Å². The predicted octanol–water partition coefficient (Wildman–Crippen LogP) is 5.22. The summed E-state index contributed by atoms with van der Waals surface area (Å²) in [5.74, 6) is -1.88. The molecule has 1 heterocycles. The van der Waals surface area contributed by atoms with Crippen molar-refractivity contribution in [3.8, 4) is 0 Å². The standard InChI is InChI=1S/C38H44N2O5/c1-3-13-31(24-36(42)40-25-33-20-12-11-19-30(33)23-35(40)26-41)37(43)39-34(22-29-17-9-6-10-18-29)27-45-38(44)32(14-4-2)21-28-15-7-5-8-16-28/h3-12,15-20,31-32,34-35,41H,1-2,13-14,21-27H2,(H,39,43)/t31-,32-,34+,35+/m1/s1. The van der Waals surface area contributed by atoms with E-state index >= 15 is 0 Å². The number of hydrogen-bond acceptors (Lipinski definition) is 5. The Kier molecular flexibility index (Phi) is 12.7. The van der Waals surface area contributed by atoms with Crippen LogP contribution in [0.1, 0.15) is 41.5 Å². The highest BCUT2D eigenvalue weighted by Crippen LogP contribution is 2.25. The van der Waals surface area contributed by atoms with Crippen LogP contribution in [0.3, 0.4) is 0 Å². The van der Waals surface area contributed by atoms with Crippen LogP contribution in [0.15, 0.2) is 110 Å². The minimum atomic E-state index is -0.660. The predicted molar refractivity (Wildman–Crippen MR) is 176 cm³/mol. The summed E-state index contributed by atoms with van der Waals surface area (Å²) < 4.78 is 5.82. The van der Waals surface area contributed by atoms with Crippen LogP contribution in [-0.2, 0) is 44.9 Å². The van der Waals surface area contributed by atoms with Crippen LogP contribution < -0.4 is 5.32 Å². The van der Waals surface area contributed by atoms with Gasteiger partial charge in [0.1, 0.15) is 6.61 Å². The Labute approximate surface area is 266 Å². The fourth-order valence-corrected chi connectivity index (χ4v) is 5.89. The second kappa shape index (κ2) is 17.1. The van der Waals surface area contributed by atoms with Crippen LogP contribution >= 0.6 is 0 Å². The lowest BCUT2D eigenvalue weighted by atomic mass is 9.92. The Morgan fingerprint density at radius 3 is 2.04 bits per heavy atom. The summed E-state index contributed by atoms with van der Waals surface area (Å²) in [7, 11) is 0. The molecule has 0 spiro atoms. The first kappa shape index (κ1) is 33.4. The number of esters is 1. The first-order valence-electron chi connectivity index (χ1n) is 15.7. The molecule has 4 atom stereocenters. The van der Waals surface area contributed by atoms with Gasteiger partial charge < -0.3 is 20.1 Å². The number of rotatable bonds is 16. The molecule has 1 aliphatic rings. The number of carbonyl (C=O) groups excluding carboxylic acids is 3. The Morgan fingerprint density at radius 2 is 1.42 bits per heavy atom. The van der Waals surface area contributed by atoms with Crippen LogP contribution in [0.25, 0.3) is 0 Å². The van der Waals surface area contributed by atoms with Gasteiger partial charge in [-0.3, -0.25) is 14.4 Å². The van der Waals surface area contributed by atoms with Gasteiger partial charge in [-0.2, -0.15) is 0 Å². The van der Waals surface area contributed by atoms with Gasteiger partial charge in [-0.05, 0) is 54.4 Å². The number of carbonyl (C=O) groups is 3. The van der Waals surface area contributed by atoms with Gasteiger partial charge in [0.05, 0.1) is 30.5 Å². The molecule has 0 radical (unpaired) electrons. The van der Waals surface area contributed by atoms with Gasteiger partial charge in [0.2, 0.25) is 11.8 Å². The first-order valence-corrected chi connectivity index (χ1v) is 15.7. The molecule has 2 amide bonds. The van der Waals surface area contributed by atoms with Crippen LogP contribution in [-0.4, -0.2) is 53.1 Å². The van der Waals surface area contributed by atoms with Crippen molar-refractivity contribution in [2.24, 2.45) is 11.8 Å². The highest BCUT2D eigenvalue weighted by Gasteiger charge is 2.32. The molecular formula is C38H44N2O5. The number of nitrogens with one attached hydrogen (secondary N) is 1. The Morgan fingerprint density at radius 1 is 0.844 bits per heavy atom. The van der Waals surface area contributed by atoms with Crippen molar-refractivity contribution in [2.75, 3.05) is 13.2 Å². The van der Waals surface area contributed by atoms with Crippen molar-refractivity contribution in [1.29, 1.82) is 0 Å². The number of benzene rings is 3. The molecule has 3 aromatic rings. The average molecular weight is 609 g/mol. The van der Waals surface area contributed by atoms with Gasteiger partial charge >= 0.3 is 5.97 Å². The van der Waals surface area contributed by atoms with E-state index in [0.717, 1.165) is 22.3 Å². The number of fused-ring (bicyclic) bond motifs is 1. The molecule has 0 saturated carbocycles. The summed E-state index contributed by atoms with van der Waals surface area (Å²) in [6, 6.07) is 26.5. The highest BCUT2D eigenvalue weighted by atomic mass is 16.5. The van der Waals surface area contributed by atoms with E-state index in [0.29, 0.717) is 38.6 Å². The number of ether oxygens (including phenoxy) is 1. The van der Waals surface area contributed by atoms with Crippen molar-refractivity contribution in [3.05, 3.63) is 132 Å². The topological polar surface area (TPSA) is 95.9 Å². The zero-order valence-corrected chi connectivity index (χ0v) is 25.9. The molecule has 1 aliphatic heterocycles. The second-order valence-electron chi connectivity index (χ2n) is 11.7. The number of aliphatic hydroxyl groups excluding tert-OH is 1. The molecule has 0 bridgehead atoms. The lowest BCUT2D eigenvalue weighted by molar-refractivity contribution is -0.149. The summed E-state index contributed by atoms with van der Waals surface area (Å²) in [4.78, 5) is 42.2. The third kappa shape index (κ3) is 9.75. The summed E-state index contributed by atoms with van der Waals surface area (Å²) >= 11 is 0. The van der Waals surface area contributed by atoms with Gasteiger partial charge in [0, 0.05) is 13.0 Å². The molecule has 3 aromatic carbocycles. The van der Waals surface area contributed by atoms with Crippen molar-refractivity contribution in [2.45, 2.75) is 57.2 Å². The number of aliphatic hydroxyl groups is 1. The average Bonchev–Trinajstić information content (AvgIpc) is 3.06. The van der Waals surface area contributed by atoms with E-state index in [4.69, 9.17) is 4.74 Å². The van der Waals surface area contributed by atoms with Gasteiger partial charge in [-0.15, -0.1) is 13.2 Å². The highest BCUT2D eigenvalue weighted by molar-refractivity contribution is 5.86. The Hall–Kier alpha value is -4.49. The smallest absolute Gasteiger partial charge is 0.309 e. The molecular weight excluding hydrogens is 564 g/mol. The summed E-state index contributed by atoms with van der Waals surface area (Å²) in [6.07, 6.45) is 5.67. The van der Waals surface area contributed by atoms with Crippen LogP contribution in [0, 0.1) is 11.8 Å². The first-order chi connectivity index (χ1) is 21.9. The quantitative estimate of drug-likeness (QED) is 0.172. The monoisotopic (exact) mass is 608 g/mol. The SMILES string of the molecule is C=CC[C@H](CC(=O)N1Cc2ccccc2C[C@H]1CO)C(=O)N[C@H](COC(=O)[C@H](CC=C)Cc1ccccc1)Cc1ccccc1. The molecule has 7 nitrogen and oxygen atoms in total. The summed E-state index contributed by atoms with van der Waals surface area (Å²) in [6.45, 7) is 7.86. The van der Waals surface area contributed by atoms with E-state index in [1.54, 1.807) is 17.1 Å². The summed E-state index contributed by atoms with van der Waals surface area (Å²) in [5, 5.41) is 13.1. The second-order valence-corrected chi connectivity index (χ2v) is 11.7. The lowest BCUT2D eigenvalue weighted by Gasteiger charge is -2.36. The fourth-order valence-electron chi connectivity index (χ4n) is 5.89. The minimum Gasteiger partial charge on any atom is -0.463 e. The maximum absolute atomic E-state index is 13.7.